The Morgan fingerprint density at radius 1 is 0.315 bits per heavy atom. The lowest BCUT2D eigenvalue weighted by atomic mass is 9.94. The van der Waals surface area contributed by atoms with E-state index in [9.17, 15) is 0 Å². The molecule has 0 saturated carbocycles. The average Bonchev–Trinajstić information content (AvgIpc) is 3.64. The van der Waals surface area contributed by atoms with E-state index in [0.29, 0.717) is 0 Å². The van der Waals surface area contributed by atoms with E-state index >= 15 is 0 Å². The zero-order valence-electron chi connectivity index (χ0n) is 29.6. The molecule has 0 fully saturated rings. The average molecular weight is 706 g/mol. The van der Waals surface area contributed by atoms with Crippen LogP contribution in [0.15, 0.2) is 212 Å². The van der Waals surface area contributed by atoms with Crippen LogP contribution >= 0.6 is 11.3 Å². The highest BCUT2D eigenvalue weighted by molar-refractivity contribution is 7.26. The molecule has 0 aliphatic heterocycles. The van der Waals surface area contributed by atoms with Crippen molar-refractivity contribution in [2.24, 2.45) is 0 Å². The highest BCUT2D eigenvalue weighted by Gasteiger charge is 2.19. The molecular formula is C52H35NS. The van der Waals surface area contributed by atoms with Gasteiger partial charge in [-0.2, -0.15) is 0 Å². The van der Waals surface area contributed by atoms with Gasteiger partial charge in [0.25, 0.3) is 0 Å². The highest BCUT2D eigenvalue weighted by Crippen LogP contribution is 2.45. The maximum atomic E-state index is 2.42. The first-order chi connectivity index (χ1) is 26.8. The van der Waals surface area contributed by atoms with Crippen molar-refractivity contribution in [1.29, 1.82) is 0 Å². The van der Waals surface area contributed by atoms with E-state index in [2.05, 4.69) is 217 Å². The van der Waals surface area contributed by atoms with Crippen LogP contribution in [0, 0.1) is 0 Å². The van der Waals surface area contributed by atoms with E-state index in [-0.39, 0.29) is 0 Å². The molecule has 0 N–H and O–H groups in total. The molecule has 0 radical (unpaired) electrons. The molecular weight excluding hydrogens is 671 g/mol. The summed E-state index contributed by atoms with van der Waals surface area (Å²) >= 11 is 1.86. The van der Waals surface area contributed by atoms with Gasteiger partial charge in [0.2, 0.25) is 0 Å². The summed E-state index contributed by atoms with van der Waals surface area (Å²) in [5.41, 5.74) is 13.1. The zero-order valence-corrected chi connectivity index (χ0v) is 30.4. The minimum atomic E-state index is 1.12. The van der Waals surface area contributed by atoms with Crippen LogP contribution in [0.5, 0.6) is 0 Å². The van der Waals surface area contributed by atoms with Crippen molar-refractivity contribution in [3.63, 3.8) is 0 Å². The second-order valence-electron chi connectivity index (χ2n) is 13.7. The third-order valence-corrected chi connectivity index (χ3v) is 11.6. The maximum Gasteiger partial charge on any atom is 0.0554 e. The van der Waals surface area contributed by atoms with Crippen LogP contribution in [0.3, 0.4) is 0 Å². The topological polar surface area (TPSA) is 3.24 Å². The molecule has 0 unspecified atom stereocenters. The van der Waals surface area contributed by atoms with Crippen LogP contribution < -0.4 is 4.90 Å². The smallest absolute Gasteiger partial charge is 0.0554 e. The molecule has 1 nitrogen and oxygen atoms in total. The number of nitrogens with zero attached hydrogens (tertiary/aromatic N) is 1. The molecule has 0 saturated heterocycles. The van der Waals surface area contributed by atoms with Gasteiger partial charge in [0.15, 0.2) is 0 Å². The van der Waals surface area contributed by atoms with Gasteiger partial charge in [0.1, 0.15) is 0 Å². The van der Waals surface area contributed by atoms with Gasteiger partial charge in [-0.25, -0.2) is 0 Å². The van der Waals surface area contributed by atoms with Crippen molar-refractivity contribution in [2.75, 3.05) is 4.90 Å². The van der Waals surface area contributed by atoms with Gasteiger partial charge in [-0.3, -0.25) is 0 Å². The van der Waals surface area contributed by atoms with E-state index < -0.39 is 0 Å². The minimum absolute atomic E-state index is 1.12. The summed E-state index contributed by atoms with van der Waals surface area (Å²) in [6, 6.07) is 77.1. The number of thiophene rings is 1. The van der Waals surface area contributed by atoms with Crippen LogP contribution in [0.2, 0.25) is 0 Å². The minimum Gasteiger partial charge on any atom is -0.310 e. The van der Waals surface area contributed by atoms with Gasteiger partial charge >= 0.3 is 0 Å². The lowest BCUT2D eigenvalue weighted by Gasteiger charge is -2.27. The van der Waals surface area contributed by atoms with Gasteiger partial charge in [-0.15, -0.1) is 11.3 Å². The summed E-state index contributed by atoms with van der Waals surface area (Å²) in [6.45, 7) is 0. The monoisotopic (exact) mass is 705 g/mol. The number of anilines is 3. The molecule has 10 rings (SSSR count). The van der Waals surface area contributed by atoms with Gasteiger partial charge < -0.3 is 4.90 Å². The first kappa shape index (κ1) is 32.0. The van der Waals surface area contributed by atoms with E-state index in [1.54, 1.807) is 0 Å². The van der Waals surface area contributed by atoms with E-state index in [4.69, 9.17) is 0 Å². The lowest BCUT2D eigenvalue weighted by Crippen LogP contribution is -2.10. The van der Waals surface area contributed by atoms with Crippen LogP contribution in [0.1, 0.15) is 0 Å². The van der Waals surface area contributed by atoms with Crippen molar-refractivity contribution in [3.8, 4) is 44.5 Å². The van der Waals surface area contributed by atoms with Crippen LogP contribution in [0.4, 0.5) is 17.1 Å². The normalized spacial score (nSPS) is 11.3. The molecule has 0 spiro atoms. The molecule has 0 atom stereocenters. The van der Waals surface area contributed by atoms with Crippen LogP contribution in [-0.2, 0) is 0 Å². The fourth-order valence-electron chi connectivity index (χ4n) is 7.80. The molecule has 2 heteroatoms. The standard InChI is InChI=1S/C52H35NS/c1-3-12-36(13-4-1)41-24-22-38-23-25-42(35-43(38)34-41)37-26-30-44(31-27-37)53(49-19-11-21-51-52(49)48-18-9-10-20-50(48)54-51)45-32-28-40(29-33-45)47-17-8-7-16-46(47)39-14-5-2-6-15-39/h1-35H. The Morgan fingerprint density at radius 3 is 1.44 bits per heavy atom. The fourth-order valence-corrected chi connectivity index (χ4v) is 8.93. The van der Waals surface area contributed by atoms with Crippen LogP contribution in [0.25, 0.3) is 75.5 Å². The molecule has 1 heterocycles. The fraction of sp³-hybridized carbons (Fsp3) is 0. The zero-order chi connectivity index (χ0) is 35.8. The van der Waals surface area contributed by atoms with Crippen molar-refractivity contribution < 1.29 is 0 Å². The lowest BCUT2D eigenvalue weighted by molar-refractivity contribution is 1.30. The molecule has 54 heavy (non-hydrogen) atoms. The summed E-state index contributed by atoms with van der Waals surface area (Å²) in [7, 11) is 0. The highest BCUT2D eigenvalue weighted by atomic mass is 32.1. The Hall–Kier alpha value is -6.74. The second kappa shape index (κ2) is 13.7. The molecule has 1 aromatic heterocycles. The summed E-state index contributed by atoms with van der Waals surface area (Å²) < 4.78 is 2.59. The largest absolute Gasteiger partial charge is 0.310 e. The summed E-state index contributed by atoms with van der Waals surface area (Å²) in [5.74, 6) is 0. The number of hydrogen-bond acceptors (Lipinski definition) is 2. The number of benzene rings is 9. The summed E-state index contributed by atoms with van der Waals surface area (Å²) in [4.78, 5) is 2.42. The van der Waals surface area contributed by atoms with Crippen molar-refractivity contribution >= 4 is 59.3 Å². The number of rotatable bonds is 7. The van der Waals surface area contributed by atoms with Crippen molar-refractivity contribution in [1.82, 2.24) is 0 Å². The summed E-state index contributed by atoms with van der Waals surface area (Å²) in [6.07, 6.45) is 0. The third kappa shape index (κ3) is 5.84. The van der Waals surface area contributed by atoms with Crippen molar-refractivity contribution in [3.05, 3.63) is 212 Å². The molecule has 9 aromatic carbocycles. The molecule has 0 aliphatic rings. The SMILES string of the molecule is c1ccc(-c2ccc3ccc(-c4ccc(N(c5ccc(-c6ccccc6-c6ccccc6)cc5)c5cccc6sc7ccccc7c56)cc4)cc3c2)cc1. The number of fused-ring (bicyclic) bond motifs is 4. The third-order valence-electron chi connectivity index (χ3n) is 10.5. The Morgan fingerprint density at radius 2 is 0.796 bits per heavy atom. The second-order valence-corrected chi connectivity index (χ2v) is 14.8. The molecule has 0 bridgehead atoms. The van der Waals surface area contributed by atoms with Gasteiger partial charge in [-0.1, -0.05) is 158 Å². The number of hydrogen-bond donors (Lipinski definition) is 0. The molecule has 10 aromatic rings. The summed E-state index contributed by atoms with van der Waals surface area (Å²) in [5, 5.41) is 5.05. The van der Waals surface area contributed by atoms with Gasteiger partial charge in [0.05, 0.1) is 5.69 Å². The predicted molar refractivity (Wildman–Crippen MR) is 233 cm³/mol. The van der Waals surface area contributed by atoms with Crippen molar-refractivity contribution in [2.45, 2.75) is 0 Å². The first-order valence-electron chi connectivity index (χ1n) is 18.4. The Bertz CT molecular complexity index is 2910. The Balaban J connectivity index is 1.07. The van der Waals surface area contributed by atoms with E-state index in [1.807, 2.05) is 11.3 Å². The molecule has 0 amide bonds. The Labute approximate surface area is 319 Å². The van der Waals surface area contributed by atoms with Gasteiger partial charge in [0, 0.05) is 31.5 Å². The quantitative estimate of drug-likeness (QED) is 0.160. The maximum absolute atomic E-state index is 2.42. The van der Waals surface area contributed by atoms with Crippen LogP contribution in [-0.4, -0.2) is 0 Å². The van der Waals surface area contributed by atoms with Gasteiger partial charge in [-0.05, 0) is 110 Å². The molecule has 0 aliphatic carbocycles. The molecule has 254 valence electrons. The Kier molecular flexibility index (Phi) is 8.09. The van der Waals surface area contributed by atoms with E-state index in [1.165, 1.54) is 81.1 Å². The predicted octanol–water partition coefficient (Wildman–Crippen LogP) is 15.3. The first-order valence-corrected chi connectivity index (χ1v) is 19.2. The van der Waals surface area contributed by atoms with E-state index in [0.717, 1.165) is 11.4 Å².